The predicted octanol–water partition coefficient (Wildman–Crippen LogP) is 0.758. The van der Waals surface area contributed by atoms with Crippen molar-refractivity contribution in [2.75, 3.05) is 6.61 Å². The van der Waals surface area contributed by atoms with Gasteiger partial charge in [-0.2, -0.15) is 0 Å². The molecular weight excluding hydrogens is 464 g/mol. The molecular formula is C24H28O11. The van der Waals surface area contributed by atoms with E-state index in [4.69, 9.17) is 14.2 Å². The number of rotatable bonds is 9. The average Bonchev–Trinajstić information content (AvgIpc) is 2.82. The fourth-order valence-electron chi connectivity index (χ4n) is 3.55. The number of benzene rings is 2. The summed E-state index contributed by atoms with van der Waals surface area (Å²) >= 11 is 0. The summed E-state index contributed by atoms with van der Waals surface area (Å²) in [5.74, 6) is -2.34. The van der Waals surface area contributed by atoms with Gasteiger partial charge in [0.05, 0.1) is 0 Å². The number of esters is 1. The third-order valence-electron chi connectivity index (χ3n) is 5.54. The average molecular weight is 492 g/mol. The summed E-state index contributed by atoms with van der Waals surface area (Å²) in [4.78, 5) is 24.0. The van der Waals surface area contributed by atoms with E-state index in [-0.39, 0.29) is 29.9 Å². The summed E-state index contributed by atoms with van der Waals surface area (Å²) in [5.41, 5.74) is 0.458. The van der Waals surface area contributed by atoms with Crippen molar-refractivity contribution in [3.05, 3.63) is 47.5 Å². The second-order valence-electron chi connectivity index (χ2n) is 8.10. The molecule has 190 valence electrons. The molecule has 11 heteroatoms. The van der Waals surface area contributed by atoms with Crippen molar-refractivity contribution in [3.8, 4) is 23.0 Å². The quantitative estimate of drug-likeness (QED) is 0.215. The number of carbonyl (C=O) groups is 2. The second-order valence-corrected chi connectivity index (χ2v) is 8.10. The van der Waals surface area contributed by atoms with Crippen LogP contribution in [-0.4, -0.2) is 79.7 Å². The minimum absolute atomic E-state index is 0.0290. The maximum Gasteiger partial charge on any atom is 0.305 e. The minimum Gasteiger partial charge on any atom is -0.508 e. The summed E-state index contributed by atoms with van der Waals surface area (Å²) < 4.78 is 15.8. The van der Waals surface area contributed by atoms with Crippen LogP contribution < -0.4 is 4.74 Å². The van der Waals surface area contributed by atoms with Crippen molar-refractivity contribution in [2.45, 2.75) is 56.9 Å². The third-order valence-corrected chi connectivity index (χ3v) is 5.54. The highest BCUT2D eigenvalue weighted by Gasteiger charge is 2.45. The molecule has 0 amide bonds. The van der Waals surface area contributed by atoms with Crippen molar-refractivity contribution in [2.24, 2.45) is 0 Å². The molecule has 0 saturated carbocycles. The van der Waals surface area contributed by atoms with Gasteiger partial charge in [-0.25, -0.2) is 0 Å². The first-order valence-electron chi connectivity index (χ1n) is 11.0. The molecule has 1 fully saturated rings. The summed E-state index contributed by atoms with van der Waals surface area (Å²) in [6.07, 6.45) is -7.36. The van der Waals surface area contributed by atoms with Crippen molar-refractivity contribution in [1.29, 1.82) is 0 Å². The van der Waals surface area contributed by atoms with E-state index >= 15 is 0 Å². The molecule has 1 aliphatic rings. The number of hydrogen-bond donors (Lipinski definition) is 6. The van der Waals surface area contributed by atoms with E-state index in [9.17, 15) is 40.2 Å². The highest BCUT2D eigenvalue weighted by atomic mass is 16.7. The molecule has 0 unspecified atom stereocenters. The Balaban J connectivity index is 1.69. The smallest absolute Gasteiger partial charge is 0.305 e. The number of Topliss-reactive ketones (excluding diaryl/α,β-unsaturated/α-hetero) is 1. The standard InChI is InChI=1S/C24H28O11/c1-2-19(29)33-11-18-21(30)22(31)23(32)24(35-18)34-14-9-16(27)20(17(28)10-14)15(26)8-5-12-3-6-13(25)7-4-12/h3-4,6-7,9-10,18,21-25,27-28,30-32H,2,5,8,11H2,1H3/t18-,21-,22+,23-,24-/m1/s1. The molecule has 6 N–H and O–H groups in total. The van der Waals surface area contributed by atoms with Crippen LogP contribution in [0.3, 0.4) is 0 Å². The van der Waals surface area contributed by atoms with E-state index in [1.165, 1.54) is 12.1 Å². The van der Waals surface area contributed by atoms with Crippen LogP contribution in [0.25, 0.3) is 0 Å². The molecule has 35 heavy (non-hydrogen) atoms. The van der Waals surface area contributed by atoms with Crippen LogP contribution in [0.2, 0.25) is 0 Å². The second kappa shape index (κ2) is 11.4. The number of ketones is 1. The molecule has 11 nitrogen and oxygen atoms in total. The molecule has 0 radical (unpaired) electrons. The van der Waals surface area contributed by atoms with Crippen molar-refractivity contribution in [3.63, 3.8) is 0 Å². The fraction of sp³-hybridized carbons (Fsp3) is 0.417. The Morgan fingerprint density at radius 2 is 1.57 bits per heavy atom. The highest BCUT2D eigenvalue weighted by molar-refractivity contribution is 6.01. The first-order chi connectivity index (χ1) is 16.6. The summed E-state index contributed by atoms with van der Waals surface area (Å²) in [5, 5.41) is 60.5. The van der Waals surface area contributed by atoms with Crippen LogP contribution in [0.4, 0.5) is 0 Å². The Bertz CT molecular complexity index is 1010. The van der Waals surface area contributed by atoms with E-state index in [1.54, 1.807) is 19.1 Å². The number of aromatic hydroxyl groups is 3. The van der Waals surface area contributed by atoms with Gasteiger partial charge in [-0.05, 0) is 24.1 Å². The molecule has 1 heterocycles. The summed E-state index contributed by atoms with van der Waals surface area (Å²) in [7, 11) is 0. The lowest BCUT2D eigenvalue weighted by Crippen LogP contribution is -2.60. The lowest BCUT2D eigenvalue weighted by molar-refractivity contribution is -0.278. The van der Waals surface area contributed by atoms with Crippen LogP contribution in [0.5, 0.6) is 23.0 Å². The van der Waals surface area contributed by atoms with Crippen LogP contribution in [-0.2, 0) is 20.7 Å². The van der Waals surface area contributed by atoms with Gasteiger partial charge in [-0.1, -0.05) is 19.1 Å². The largest absolute Gasteiger partial charge is 0.508 e. The molecule has 1 saturated heterocycles. The Hall–Kier alpha value is -3.38. The predicted molar refractivity (Wildman–Crippen MR) is 119 cm³/mol. The van der Waals surface area contributed by atoms with Crippen molar-refractivity contribution >= 4 is 11.8 Å². The van der Waals surface area contributed by atoms with Gasteiger partial charge in [-0.3, -0.25) is 9.59 Å². The van der Waals surface area contributed by atoms with Crippen LogP contribution in [0.15, 0.2) is 36.4 Å². The van der Waals surface area contributed by atoms with Gasteiger partial charge in [-0.15, -0.1) is 0 Å². The van der Waals surface area contributed by atoms with E-state index in [0.717, 1.165) is 17.7 Å². The van der Waals surface area contributed by atoms with E-state index < -0.39 is 60.6 Å². The minimum atomic E-state index is -1.71. The van der Waals surface area contributed by atoms with E-state index in [2.05, 4.69) is 0 Å². The molecule has 5 atom stereocenters. The van der Waals surface area contributed by atoms with Crippen molar-refractivity contribution in [1.82, 2.24) is 0 Å². The third kappa shape index (κ3) is 6.40. The van der Waals surface area contributed by atoms with Gasteiger partial charge in [0.15, 0.2) is 5.78 Å². The number of ether oxygens (including phenoxy) is 3. The molecule has 2 aromatic carbocycles. The molecule has 2 aromatic rings. The Labute approximate surface area is 200 Å². The number of aryl methyl sites for hydroxylation is 1. The zero-order valence-corrected chi connectivity index (χ0v) is 18.9. The Morgan fingerprint density at radius 1 is 0.943 bits per heavy atom. The van der Waals surface area contributed by atoms with Gasteiger partial charge < -0.3 is 44.8 Å². The molecule has 3 rings (SSSR count). The first-order valence-corrected chi connectivity index (χ1v) is 11.0. The maximum absolute atomic E-state index is 12.6. The SMILES string of the molecule is CCC(=O)OC[C@H]1O[C@@H](Oc2cc(O)c(C(=O)CCc3ccc(O)cc3)c(O)c2)[C@H](O)[C@@H](O)[C@@H]1O. The Kier molecular flexibility index (Phi) is 8.52. The van der Waals surface area contributed by atoms with Gasteiger partial charge in [0.1, 0.15) is 59.6 Å². The van der Waals surface area contributed by atoms with E-state index in [1.807, 2.05) is 0 Å². The van der Waals surface area contributed by atoms with Crippen molar-refractivity contribution < 1.29 is 54.4 Å². The Morgan fingerprint density at radius 3 is 2.17 bits per heavy atom. The van der Waals surface area contributed by atoms with Crippen LogP contribution in [0.1, 0.15) is 35.7 Å². The fourth-order valence-corrected chi connectivity index (χ4v) is 3.55. The number of aliphatic hydroxyl groups excluding tert-OH is 3. The zero-order valence-electron chi connectivity index (χ0n) is 18.9. The number of aliphatic hydroxyl groups is 3. The monoisotopic (exact) mass is 492 g/mol. The molecule has 0 spiro atoms. The van der Waals surface area contributed by atoms with Gasteiger partial charge in [0.25, 0.3) is 0 Å². The normalized spacial score (nSPS) is 24.1. The van der Waals surface area contributed by atoms with E-state index in [0.29, 0.717) is 6.42 Å². The molecule has 0 aliphatic carbocycles. The maximum atomic E-state index is 12.6. The molecule has 0 bridgehead atoms. The number of phenolic OH excluding ortho intramolecular Hbond substituents is 3. The van der Waals surface area contributed by atoms with Gasteiger partial charge in [0.2, 0.25) is 6.29 Å². The lowest BCUT2D eigenvalue weighted by atomic mass is 9.99. The van der Waals surface area contributed by atoms with Gasteiger partial charge >= 0.3 is 5.97 Å². The number of carbonyl (C=O) groups excluding carboxylic acids is 2. The van der Waals surface area contributed by atoms with Gasteiger partial charge in [0, 0.05) is 25.0 Å². The summed E-state index contributed by atoms with van der Waals surface area (Å²) in [6.45, 7) is 1.17. The topological polar surface area (TPSA) is 183 Å². The molecule has 0 aromatic heterocycles. The summed E-state index contributed by atoms with van der Waals surface area (Å²) in [6, 6.07) is 8.33. The highest BCUT2D eigenvalue weighted by Crippen LogP contribution is 2.35. The van der Waals surface area contributed by atoms with Crippen LogP contribution >= 0.6 is 0 Å². The first kappa shape index (κ1) is 26.2. The number of phenols is 3. The number of hydrogen-bond acceptors (Lipinski definition) is 11. The zero-order chi connectivity index (χ0) is 25.7. The van der Waals surface area contributed by atoms with Crippen LogP contribution in [0, 0.1) is 0 Å². The molecule has 1 aliphatic heterocycles. The lowest BCUT2D eigenvalue weighted by Gasteiger charge is -2.39.